The number of rotatable bonds is 11. The summed E-state index contributed by atoms with van der Waals surface area (Å²) in [5.74, 6) is -10.9. The van der Waals surface area contributed by atoms with Crippen molar-refractivity contribution in [3.63, 3.8) is 0 Å². The van der Waals surface area contributed by atoms with Gasteiger partial charge < -0.3 is 67.0 Å². The lowest BCUT2D eigenvalue weighted by molar-refractivity contribution is -0.193. The molecule has 104 heavy (non-hydrogen) atoms. The van der Waals surface area contributed by atoms with Gasteiger partial charge in [-0.05, 0) is 132 Å². The number of nitrogens with zero attached hydrogens (tertiary/aromatic N) is 2. The molecule has 4 aliphatic carbocycles. The molecule has 8 bridgehead atoms. The first-order valence-electron chi connectivity index (χ1n) is 32.9. The van der Waals surface area contributed by atoms with Crippen molar-refractivity contribution < 1.29 is 111 Å². The molecule has 4 heterocycles. The van der Waals surface area contributed by atoms with Gasteiger partial charge >= 0.3 is 60.1 Å². The van der Waals surface area contributed by atoms with Crippen LogP contribution in [0.3, 0.4) is 0 Å². The average molecular weight is 1450 g/mol. The highest BCUT2D eigenvalue weighted by atomic mass is 16.6. The minimum absolute atomic E-state index is 0. The molecule has 0 radical (unpaired) electrons. The van der Waals surface area contributed by atoms with E-state index in [1.807, 2.05) is 114 Å². The second-order valence-corrected chi connectivity index (χ2v) is 24.4. The number of aryl methyl sites for hydroxylation is 3. The number of piperidine rings is 2. The molecular weight excluding hydrogens is 1360 g/mol. The van der Waals surface area contributed by atoms with E-state index in [1.165, 1.54) is 19.4 Å². The number of benzene rings is 4. The smallest absolute Gasteiger partial charge is 0.373 e. The number of hydrogen-bond donors (Lipinski definition) is 8. The molecule has 4 saturated heterocycles. The number of anilines is 5. The van der Waals surface area contributed by atoms with Crippen LogP contribution in [0, 0.1) is 91.8 Å². The third kappa shape index (κ3) is 24.9. The van der Waals surface area contributed by atoms with Crippen LogP contribution >= 0.6 is 0 Å². The van der Waals surface area contributed by atoms with Crippen LogP contribution in [0.15, 0.2) is 97.1 Å². The number of ether oxygens (including phenoxy) is 3. The Hall–Kier alpha value is -11.6. The van der Waals surface area contributed by atoms with Gasteiger partial charge in [-0.15, -0.1) is 0 Å². The number of aliphatic carboxylic acids is 2. The number of esters is 6. The van der Waals surface area contributed by atoms with Gasteiger partial charge in [0.1, 0.15) is 0 Å². The van der Waals surface area contributed by atoms with Gasteiger partial charge in [0.15, 0.2) is 0 Å². The Kier molecular flexibility index (Phi) is 36.8. The van der Waals surface area contributed by atoms with Crippen LogP contribution in [0.4, 0.5) is 28.4 Å². The fourth-order valence-corrected chi connectivity index (χ4v) is 13.2. The van der Waals surface area contributed by atoms with E-state index in [-0.39, 0.29) is 87.3 Å². The molecular formula is C73H92N8O23. The average Bonchev–Trinajstić information content (AvgIpc) is 1.58. The molecule has 6 amide bonds. The number of nitrogens with two attached hydrogens (primary N) is 2. The van der Waals surface area contributed by atoms with Crippen molar-refractivity contribution in [2.75, 3.05) is 47.1 Å². The predicted octanol–water partition coefficient (Wildman–Crippen LogP) is 5.49. The number of carbonyl (C=O) groups excluding carboxylic acids is 16. The van der Waals surface area contributed by atoms with Crippen LogP contribution in [-0.4, -0.2) is 144 Å². The van der Waals surface area contributed by atoms with E-state index in [2.05, 4.69) is 35.5 Å². The Balaban J connectivity index is 0.000000425. The maximum Gasteiger partial charge on any atom is 0.373 e. The highest BCUT2D eigenvalue weighted by molar-refractivity contribution is 6.06. The summed E-state index contributed by atoms with van der Waals surface area (Å²) in [4.78, 5) is 194. The Bertz CT molecular complexity index is 3520. The van der Waals surface area contributed by atoms with Gasteiger partial charge in [-0.25, -0.2) is 0 Å². The minimum atomic E-state index is -0.932. The van der Waals surface area contributed by atoms with E-state index in [4.69, 9.17) is 40.9 Å². The molecule has 4 saturated carbocycles. The first-order valence-corrected chi connectivity index (χ1v) is 32.9. The van der Waals surface area contributed by atoms with E-state index in [0.29, 0.717) is 42.6 Å². The number of nitrogen functional groups attached to an aromatic ring is 2. The summed E-state index contributed by atoms with van der Waals surface area (Å²) in [6, 6.07) is 29.0. The molecule has 0 spiro atoms. The van der Waals surface area contributed by atoms with Crippen LogP contribution in [0.1, 0.15) is 104 Å². The lowest BCUT2D eigenvalue weighted by Gasteiger charge is -2.42. The zero-order chi connectivity index (χ0) is 77.5. The van der Waals surface area contributed by atoms with Crippen molar-refractivity contribution in [3.8, 4) is 0 Å². The van der Waals surface area contributed by atoms with E-state index in [9.17, 15) is 67.1 Å². The van der Waals surface area contributed by atoms with Crippen molar-refractivity contribution >= 4 is 125 Å². The van der Waals surface area contributed by atoms with Crippen molar-refractivity contribution in [1.82, 2.24) is 15.5 Å². The highest BCUT2D eigenvalue weighted by Gasteiger charge is 2.65. The number of carboxylic acids is 2. The summed E-state index contributed by atoms with van der Waals surface area (Å²) in [5.41, 5.74) is 17.9. The molecule has 8 aliphatic rings. The lowest BCUT2D eigenvalue weighted by Crippen LogP contribution is -2.56. The molecule has 14 atom stereocenters. The van der Waals surface area contributed by atoms with Gasteiger partial charge in [0.05, 0.1) is 59.2 Å². The van der Waals surface area contributed by atoms with Gasteiger partial charge in [0.25, 0.3) is 0 Å². The molecule has 0 aromatic heterocycles. The SMILES string of the molecule is C.CC.CC.CC(=O)OC(C)=O.Cc1ccc(N2CC3CC4CN(C)C(=O)C3C4C2=O)cc1.Cc1ccc(NC(=O)C2CC(C(=O)O)CC2NC=O)cc1.Cc1ccc(NC(=O)C2CC(C(=O)O)CC2NC=O)cc1.Nc1ccc(N)cc1.O=C1OC(=O)C2C3CC1C2C(=O)OC3=O.O=C=O.O=C=O. The van der Waals surface area contributed by atoms with Crippen LogP contribution < -0.4 is 37.6 Å². The van der Waals surface area contributed by atoms with Crippen LogP contribution in [0.5, 0.6) is 0 Å². The fourth-order valence-electron chi connectivity index (χ4n) is 13.2. The summed E-state index contributed by atoms with van der Waals surface area (Å²) in [6.07, 6.45) is 3.75. The molecule has 4 aromatic rings. The second kappa shape index (κ2) is 43.3. The van der Waals surface area contributed by atoms with E-state index in [1.54, 1.807) is 48.5 Å². The molecule has 562 valence electrons. The number of amides is 6. The maximum absolute atomic E-state index is 12.9. The molecule has 12 rings (SSSR count). The van der Waals surface area contributed by atoms with E-state index >= 15 is 0 Å². The highest BCUT2D eigenvalue weighted by Crippen LogP contribution is 2.52. The van der Waals surface area contributed by atoms with Gasteiger partial charge in [-0.2, -0.15) is 19.2 Å². The van der Waals surface area contributed by atoms with Crippen molar-refractivity contribution in [2.45, 2.75) is 120 Å². The minimum Gasteiger partial charge on any atom is -0.481 e. The first-order chi connectivity index (χ1) is 48.9. The van der Waals surface area contributed by atoms with Crippen LogP contribution in [0.2, 0.25) is 0 Å². The maximum atomic E-state index is 12.9. The molecule has 8 fully saturated rings. The molecule has 10 N–H and O–H groups in total. The summed E-state index contributed by atoms with van der Waals surface area (Å²) >= 11 is 0. The summed E-state index contributed by atoms with van der Waals surface area (Å²) in [6.45, 7) is 17.7. The quantitative estimate of drug-likeness (QED) is 0.0302. The standard InChI is InChI=1S/C17H20N2O2.2C15H18N2O4.C9H6O6.C6H8N2.C4H6O3.2C2H6.2CO2.CH4/c1-10-3-5-13(6-4-10)19-9-12-7-11-8-18(2)16(20)14(12)15(11)17(19)21;2*1-9-2-4-11(5-3-9)17-14(19)12-6-10(15(20)21)7-13(12)16-8-18;10-6-2-1-3-5(9(13)14-6)4(2)8(12)15-7(3)11;7-5-1-2-6(8)4-3-5;1-3(5)7-4(2)6;2*1-2;2*2-1-3;/h3-6,11-12,14-15H,7-9H2,1-2H3;2*2-5,8,10,12-13H,6-7H2,1H3,(H,16,18)(H,17,19)(H,20,21);2-5H,1H2;1-4H,7-8H2;1-2H3;2*1-2H3;;;1H4. The zero-order valence-electron chi connectivity index (χ0n) is 58.6. The van der Waals surface area contributed by atoms with Gasteiger partial charge in [0.2, 0.25) is 36.4 Å². The summed E-state index contributed by atoms with van der Waals surface area (Å²) in [5, 5.41) is 28.8. The number of carboxylic acid groups (broad SMARTS) is 2. The molecule has 31 nitrogen and oxygen atoms in total. The second-order valence-electron chi connectivity index (χ2n) is 24.4. The number of hydrogen-bond acceptors (Lipinski definition) is 23. The van der Waals surface area contributed by atoms with Crippen molar-refractivity contribution in [2.24, 2.45) is 71.0 Å². The molecule has 4 aromatic carbocycles. The Labute approximate surface area is 601 Å². The monoisotopic (exact) mass is 1450 g/mol. The number of nitrogens with one attached hydrogen (secondary N) is 4. The summed E-state index contributed by atoms with van der Waals surface area (Å²) in [7, 11) is 1.87. The van der Waals surface area contributed by atoms with Gasteiger partial charge in [-0.3, -0.25) is 67.1 Å². The van der Waals surface area contributed by atoms with Crippen molar-refractivity contribution in [3.05, 3.63) is 114 Å². The largest absolute Gasteiger partial charge is 0.481 e. The molecule has 4 aliphatic heterocycles. The van der Waals surface area contributed by atoms with E-state index in [0.717, 1.165) is 41.2 Å². The fraction of sp³-hybridized carbons (Fsp3) is 0.452. The topological polar surface area (TPSA) is 482 Å². The zero-order valence-corrected chi connectivity index (χ0v) is 58.6. The first kappa shape index (κ1) is 88.5. The number of likely N-dealkylation sites (tertiary alicyclic amines) is 1. The van der Waals surface area contributed by atoms with Crippen LogP contribution in [0.25, 0.3) is 0 Å². The normalized spacial score (nSPS) is 24.4. The molecule has 31 heteroatoms. The van der Waals surface area contributed by atoms with Crippen molar-refractivity contribution in [1.29, 1.82) is 0 Å². The van der Waals surface area contributed by atoms with Crippen LogP contribution in [-0.2, 0) is 101 Å². The number of cyclic esters (lactones) is 4. The molecule has 14 unspecified atom stereocenters. The third-order valence-corrected chi connectivity index (χ3v) is 17.7. The Morgan fingerprint density at radius 1 is 0.500 bits per heavy atom. The Morgan fingerprint density at radius 3 is 1.16 bits per heavy atom. The Morgan fingerprint density at radius 2 is 0.837 bits per heavy atom. The predicted molar refractivity (Wildman–Crippen MR) is 371 cm³/mol. The van der Waals surface area contributed by atoms with E-state index < -0.39 is 107 Å². The van der Waals surface area contributed by atoms with Gasteiger partial charge in [-0.1, -0.05) is 88.2 Å². The lowest BCUT2D eigenvalue weighted by atomic mass is 9.79. The third-order valence-electron chi connectivity index (χ3n) is 17.7. The van der Waals surface area contributed by atoms with Gasteiger partial charge in [0, 0.05) is 74.5 Å². The number of carbonyl (C=O) groups is 14. The summed E-state index contributed by atoms with van der Waals surface area (Å²) < 4.78 is 12.9.